The molecule has 0 atom stereocenters. The normalized spacial score (nSPS) is 9.85. The summed E-state index contributed by atoms with van der Waals surface area (Å²) in [7, 11) is 0. The van der Waals surface area contributed by atoms with Crippen LogP contribution in [0.15, 0.2) is 48.5 Å². The zero-order valence-electron chi connectivity index (χ0n) is 7.07. The van der Waals surface area contributed by atoms with Crippen LogP contribution in [0.3, 0.4) is 0 Å². The molecule has 2 rings (SSSR count). The summed E-state index contributed by atoms with van der Waals surface area (Å²) in [5, 5.41) is 9.25. The summed E-state index contributed by atoms with van der Waals surface area (Å²) >= 11 is 0. The minimum absolute atomic E-state index is 0.276. The van der Waals surface area contributed by atoms with Gasteiger partial charge in [0.1, 0.15) is 5.75 Å². The highest BCUT2D eigenvalue weighted by atomic mass is 16.3. The molecule has 1 N–H and O–H groups in total. The molecule has 0 aliphatic rings. The summed E-state index contributed by atoms with van der Waals surface area (Å²) in [5.74, 6) is 0.276. The molecule has 0 aliphatic heterocycles. The van der Waals surface area contributed by atoms with Gasteiger partial charge >= 0.3 is 0 Å². The fraction of sp³-hybridized carbons (Fsp3) is 0. The Bertz CT molecular complexity index is 393. The molecule has 13 heavy (non-hydrogen) atoms. The Labute approximate surface area is 77.3 Å². The SMILES string of the molecule is Oc1cc[c]c(-c2ccccc2)c1. The predicted molar refractivity (Wildman–Crippen MR) is 52.4 cm³/mol. The van der Waals surface area contributed by atoms with Gasteiger partial charge < -0.3 is 5.11 Å². The van der Waals surface area contributed by atoms with E-state index in [0.717, 1.165) is 11.1 Å². The van der Waals surface area contributed by atoms with Gasteiger partial charge in [0, 0.05) is 0 Å². The molecule has 0 amide bonds. The monoisotopic (exact) mass is 169 g/mol. The average Bonchev–Trinajstić information content (AvgIpc) is 2.19. The first-order valence-corrected chi connectivity index (χ1v) is 4.12. The van der Waals surface area contributed by atoms with Gasteiger partial charge in [-0.1, -0.05) is 36.4 Å². The molecule has 2 aromatic carbocycles. The lowest BCUT2D eigenvalue weighted by Crippen LogP contribution is -1.75. The highest BCUT2D eigenvalue weighted by Gasteiger charge is 1.96. The van der Waals surface area contributed by atoms with Crippen molar-refractivity contribution in [3.63, 3.8) is 0 Å². The van der Waals surface area contributed by atoms with Crippen LogP contribution >= 0.6 is 0 Å². The fourth-order valence-corrected chi connectivity index (χ4v) is 1.24. The van der Waals surface area contributed by atoms with Gasteiger partial charge in [0.2, 0.25) is 0 Å². The highest BCUT2D eigenvalue weighted by Crippen LogP contribution is 2.21. The number of benzene rings is 2. The summed E-state index contributed by atoms with van der Waals surface area (Å²) in [4.78, 5) is 0. The summed E-state index contributed by atoms with van der Waals surface area (Å²) in [5.41, 5.74) is 1.99. The maximum atomic E-state index is 9.25. The van der Waals surface area contributed by atoms with Crippen molar-refractivity contribution < 1.29 is 5.11 Å². The maximum absolute atomic E-state index is 9.25. The van der Waals surface area contributed by atoms with Crippen molar-refractivity contribution in [2.75, 3.05) is 0 Å². The van der Waals surface area contributed by atoms with E-state index in [2.05, 4.69) is 6.07 Å². The van der Waals surface area contributed by atoms with Crippen LogP contribution in [-0.4, -0.2) is 5.11 Å². The summed E-state index contributed by atoms with van der Waals surface area (Å²) in [6.07, 6.45) is 0. The Morgan fingerprint density at radius 1 is 1.00 bits per heavy atom. The van der Waals surface area contributed by atoms with E-state index in [1.807, 2.05) is 30.3 Å². The molecule has 0 aliphatic carbocycles. The standard InChI is InChI=1S/C12H9O/c13-12-8-4-7-11(9-12)10-5-2-1-3-6-10/h1-6,8-9,13H. The van der Waals surface area contributed by atoms with Gasteiger partial charge in [-0.15, -0.1) is 0 Å². The summed E-state index contributed by atoms with van der Waals surface area (Å²) in [6, 6.07) is 18.0. The quantitative estimate of drug-likeness (QED) is 0.696. The van der Waals surface area contributed by atoms with E-state index >= 15 is 0 Å². The Morgan fingerprint density at radius 3 is 2.46 bits per heavy atom. The molecule has 2 aromatic rings. The molecule has 0 spiro atoms. The van der Waals surface area contributed by atoms with Crippen molar-refractivity contribution in [2.24, 2.45) is 0 Å². The van der Waals surface area contributed by atoms with Crippen molar-refractivity contribution in [3.8, 4) is 16.9 Å². The first-order valence-electron chi connectivity index (χ1n) is 4.12. The zero-order chi connectivity index (χ0) is 9.10. The molecule has 1 radical (unpaired) electrons. The smallest absolute Gasteiger partial charge is 0.116 e. The van der Waals surface area contributed by atoms with Crippen LogP contribution in [0.2, 0.25) is 0 Å². The second-order valence-electron chi connectivity index (χ2n) is 2.83. The molecule has 1 heteroatoms. The Hall–Kier alpha value is -1.76. The van der Waals surface area contributed by atoms with Gasteiger partial charge in [-0.3, -0.25) is 0 Å². The van der Waals surface area contributed by atoms with E-state index in [1.165, 1.54) is 0 Å². The van der Waals surface area contributed by atoms with Gasteiger partial charge in [-0.25, -0.2) is 0 Å². The van der Waals surface area contributed by atoms with Gasteiger partial charge in [0.25, 0.3) is 0 Å². The first kappa shape index (κ1) is 7.87. The van der Waals surface area contributed by atoms with Gasteiger partial charge in [0.05, 0.1) is 0 Å². The molecule has 0 bridgehead atoms. The third kappa shape index (κ3) is 1.70. The first-order chi connectivity index (χ1) is 6.36. The number of phenols is 1. The molecule has 63 valence electrons. The van der Waals surface area contributed by atoms with Crippen molar-refractivity contribution >= 4 is 0 Å². The van der Waals surface area contributed by atoms with Crippen LogP contribution in [0.25, 0.3) is 11.1 Å². The van der Waals surface area contributed by atoms with Gasteiger partial charge in [0.15, 0.2) is 0 Å². The number of hydrogen-bond donors (Lipinski definition) is 1. The lowest BCUT2D eigenvalue weighted by molar-refractivity contribution is 0.475. The average molecular weight is 169 g/mol. The number of rotatable bonds is 1. The van der Waals surface area contributed by atoms with Gasteiger partial charge in [-0.2, -0.15) is 0 Å². The maximum Gasteiger partial charge on any atom is 0.116 e. The van der Waals surface area contributed by atoms with E-state index in [9.17, 15) is 5.11 Å². The molecule has 0 unspecified atom stereocenters. The van der Waals surface area contributed by atoms with E-state index in [4.69, 9.17) is 0 Å². The zero-order valence-corrected chi connectivity index (χ0v) is 7.07. The minimum Gasteiger partial charge on any atom is -0.508 e. The summed E-state index contributed by atoms with van der Waals surface area (Å²) < 4.78 is 0. The van der Waals surface area contributed by atoms with Crippen LogP contribution in [0.4, 0.5) is 0 Å². The van der Waals surface area contributed by atoms with Gasteiger partial charge in [-0.05, 0) is 29.3 Å². The number of phenolic OH excluding ortho intramolecular Hbond substituents is 1. The second-order valence-corrected chi connectivity index (χ2v) is 2.83. The Morgan fingerprint density at radius 2 is 1.77 bits per heavy atom. The minimum atomic E-state index is 0.276. The molecule has 0 fully saturated rings. The van der Waals surface area contributed by atoms with Crippen molar-refractivity contribution in [3.05, 3.63) is 54.6 Å². The van der Waals surface area contributed by atoms with E-state index in [-0.39, 0.29) is 5.75 Å². The number of aromatic hydroxyl groups is 1. The third-order valence-corrected chi connectivity index (χ3v) is 1.87. The molecular weight excluding hydrogens is 160 g/mol. The van der Waals surface area contributed by atoms with Crippen LogP contribution in [0, 0.1) is 6.07 Å². The molecule has 0 heterocycles. The van der Waals surface area contributed by atoms with Crippen molar-refractivity contribution in [1.82, 2.24) is 0 Å². The molecule has 0 aromatic heterocycles. The molecular formula is C12H9O. The van der Waals surface area contributed by atoms with Crippen LogP contribution in [0.1, 0.15) is 0 Å². The van der Waals surface area contributed by atoms with Crippen LogP contribution < -0.4 is 0 Å². The third-order valence-electron chi connectivity index (χ3n) is 1.87. The van der Waals surface area contributed by atoms with E-state index in [0.29, 0.717) is 0 Å². The number of hydrogen-bond acceptors (Lipinski definition) is 1. The topological polar surface area (TPSA) is 20.2 Å². The Kier molecular flexibility index (Phi) is 2.01. The highest BCUT2D eigenvalue weighted by molar-refractivity contribution is 5.63. The van der Waals surface area contributed by atoms with Crippen LogP contribution in [-0.2, 0) is 0 Å². The molecule has 0 saturated heterocycles. The van der Waals surface area contributed by atoms with E-state index in [1.54, 1.807) is 18.2 Å². The molecule has 0 saturated carbocycles. The molecule has 1 nitrogen and oxygen atoms in total. The lowest BCUT2D eigenvalue weighted by atomic mass is 10.1. The van der Waals surface area contributed by atoms with Crippen LogP contribution in [0.5, 0.6) is 5.75 Å². The Balaban J connectivity index is 2.48. The van der Waals surface area contributed by atoms with Crippen molar-refractivity contribution in [1.29, 1.82) is 0 Å². The largest absolute Gasteiger partial charge is 0.508 e. The summed E-state index contributed by atoms with van der Waals surface area (Å²) in [6.45, 7) is 0. The van der Waals surface area contributed by atoms with E-state index < -0.39 is 0 Å². The fourth-order valence-electron chi connectivity index (χ4n) is 1.24. The predicted octanol–water partition coefficient (Wildman–Crippen LogP) is 2.86. The lowest BCUT2D eigenvalue weighted by Gasteiger charge is -2.00. The second kappa shape index (κ2) is 3.31. The van der Waals surface area contributed by atoms with Crippen molar-refractivity contribution in [2.45, 2.75) is 0 Å².